The average molecular weight is 429 g/mol. The van der Waals surface area contributed by atoms with Crippen LogP contribution in [0.2, 0.25) is 0 Å². The first kappa shape index (κ1) is 21.5. The topological polar surface area (TPSA) is 82.6 Å². The van der Waals surface area contributed by atoms with Gasteiger partial charge in [0.15, 0.2) is 0 Å². The van der Waals surface area contributed by atoms with E-state index in [1.165, 1.54) is 17.4 Å². The monoisotopic (exact) mass is 428 g/mol. The van der Waals surface area contributed by atoms with Crippen LogP contribution in [0, 0.1) is 0 Å². The molecule has 0 radical (unpaired) electrons. The highest BCUT2D eigenvalue weighted by molar-refractivity contribution is 5.89. The molecule has 3 heterocycles. The number of cyclic esters (lactones) is 1. The zero-order valence-corrected chi connectivity index (χ0v) is 17.9. The van der Waals surface area contributed by atoms with Crippen LogP contribution in [-0.2, 0) is 11.3 Å². The number of rotatable bonds is 7. The number of piperazine rings is 1. The molecule has 2 aliphatic heterocycles. The quantitative estimate of drug-likeness (QED) is 0.702. The summed E-state index contributed by atoms with van der Waals surface area (Å²) in [4.78, 5) is 24.5. The number of ether oxygens (including phenoxy) is 1. The predicted molar refractivity (Wildman–Crippen MR) is 117 cm³/mol. The summed E-state index contributed by atoms with van der Waals surface area (Å²) in [5.74, 6) is 0.702. The summed E-state index contributed by atoms with van der Waals surface area (Å²) in [6.07, 6.45) is -0.261. The van der Waals surface area contributed by atoms with E-state index < -0.39 is 18.3 Å². The smallest absolute Gasteiger partial charge is 0.416 e. The molecule has 3 atom stereocenters. The van der Waals surface area contributed by atoms with Gasteiger partial charge in [-0.15, -0.1) is 0 Å². The van der Waals surface area contributed by atoms with E-state index in [-0.39, 0.29) is 12.6 Å². The number of nitrogens with one attached hydrogen (secondary N) is 2. The second-order valence-corrected chi connectivity index (χ2v) is 8.06. The molecule has 2 fully saturated rings. The summed E-state index contributed by atoms with van der Waals surface area (Å²) in [6, 6.07) is 9.39. The van der Waals surface area contributed by atoms with E-state index in [1.807, 2.05) is 6.92 Å². The predicted octanol–water partition coefficient (Wildman–Crippen LogP) is 2.74. The summed E-state index contributed by atoms with van der Waals surface area (Å²) in [5, 5.41) is 6.64. The van der Waals surface area contributed by atoms with Gasteiger partial charge in [-0.05, 0) is 31.0 Å². The van der Waals surface area contributed by atoms with Crippen molar-refractivity contribution < 1.29 is 13.9 Å². The molecule has 1 aromatic carbocycles. The molecule has 0 aliphatic carbocycles. The number of carbonyl (C=O) groups excluding carboxylic acids is 1. The molecule has 1 amide bonds. The lowest BCUT2D eigenvalue weighted by Crippen LogP contribution is -2.42. The van der Waals surface area contributed by atoms with Gasteiger partial charge in [-0.1, -0.05) is 24.3 Å². The zero-order valence-electron chi connectivity index (χ0n) is 17.9. The van der Waals surface area contributed by atoms with Crippen molar-refractivity contribution in [1.29, 1.82) is 0 Å². The fourth-order valence-corrected chi connectivity index (χ4v) is 3.91. The number of aromatic nitrogens is 2. The largest absolute Gasteiger partial charge is 0.447 e. The maximum absolute atomic E-state index is 13.9. The highest BCUT2D eigenvalue weighted by atomic mass is 19.1. The molecule has 31 heavy (non-hydrogen) atoms. The van der Waals surface area contributed by atoms with Crippen molar-refractivity contribution in [3.63, 3.8) is 0 Å². The number of amides is 1. The molecular weight excluding hydrogens is 399 g/mol. The van der Waals surface area contributed by atoms with Gasteiger partial charge in [0.2, 0.25) is 5.95 Å². The number of nitrogens with zero attached hydrogens (tertiary/aromatic N) is 4. The highest BCUT2D eigenvalue weighted by Crippen LogP contribution is 2.26. The number of hydrogen-bond acceptors (Lipinski definition) is 7. The molecule has 1 unspecified atom stereocenters. The Morgan fingerprint density at radius 1 is 1.23 bits per heavy atom. The first-order chi connectivity index (χ1) is 15.0. The molecule has 2 aliphatic rings. The maximum Gasteiger partial charge on any atom is 0.416 e. The van der Waals surface area contributed by atoms with E-state index in [1.54, 1.807) is 12.3 Å². The number of hydrogen-bond donors (Lipinski definition) is 2. The minimum atomic E-state index is -1.23. The van der Waals surface area contributed by atoms with Gasteiger partial charge in [0.25, 0.3) is 0 Å². The Morgan fingerprint density at radius 3 is 2.68 bits per heavy atom. The third-order valence-electron chi connectivity index (χ3n) is 5.76. The molecular formula is C22H29FN6O2. The molecule has 0 spiro atoms. The van der Waals surface area contributed by atoms with Gasteiger partial charge in [0.05, 0.1) is 6.04 Å². The Hall–Kier alpha value is -2.78. The minimum absolute atomic E-state index is 0.0138. The molecule has 0 bridgehead atoms. The molecule has 2 N–H and O–H groups in total. The van der Waals surface area contributed by atoms with Crippen LogP contribution in [0.1, 0.15) is 31.0 Å². The van der Waals surface area contributed by atoms with Gasteiger partial charge in [-0.3, -0.25) is 9.80 Å². The van der Waals surface area contributed by atoms with E-state index in [9.17, 15) is 9.18 Å². The highest BCUT2D eigenvalue weighted by Gasteiger charge is 2.39. The third-order valence-corrected chi connectivity index (χ3v) is 5.76. The summed E-state index contributed by atoms with van der Waals surface area (Å²) in [6.45, 7) is 8.62. The van der Waals surface area contributed by atoms with Gasteiger partial charge >= 0.3 is 6.09 Å². The summed E-state index contributed by atoms with van der Waals surface area (Å²) in [5.41, 5.74) is 2.39. The van der Waals surface area contributed by atoms with E-state index in [0.29, 0.717) is 11.8 Å². The standard InChI is InChI=1S/C22H29FN6O2/c1-15(23)19-14-31-22(30)29(19)20-7-8-25-21(27-20)26-16(2)18-5-3-17(4-6-18)13-28-11-9-24-10-12-28/h3-8,15-16,19,24H,9-14H2,1-2H3,(H,25,26,27)/t15-,16+,19?/m1/s1. The molecule has 2 saturated heterocycles. The summed E-state index contributed by atoms with van der Waals surface area (Å²) in [7, 11) is 0. The lowest BCUT2D eigenvalue weighted by molar-refractivity contribution is 0.174. The molecule has 4 rings (SSSR count). The number of carbonyl (C=O) groups is 1. The van der Waals surface area contributed by atoms with Gasteiger partial charge in [0, 0.05) is 38.9 Å². The van der Waals surface area contributed by atoms with E-state index in [2.05, 4.69) is 49.8 Å². The molecule has 8 nitrogen and oxygen atoms in total. The molecule has 0 saturated carbocycles. The van der Waals surface area contributed by atoms with Crippen LogP contribution < -0.4 is 15.5 Å². The minimum Gasteiger partial charge on any atom is -0.447 e. The van der Waals surface area contributed by atoms with E-state index in [0.717, 1.165) is 38.3 Å². The van der Waals surface area contributed by atoms with Crippen molar-refractivity contribution in [2.24, 2.45) is 0 Å². The van der Waals surface area contributed by atoms with Crippen molar-refractivity contribution in [3.05, 3.63) is 47.7 Å². The third kappa shape index (κ3) is 5.11. The number of benzene rings is 1. The summed E-state index contributed by atoms with van der Waals surface area (Å²) < 4.78 is 18.9. The molecule has 1 aromatic heterocycles. The maximum atomic E-state index is 13.9. The fourth-order valence-electron chi connectivity index (χ4n) is 3.91. The van der Waals surface area contributed by atoms with Crippen molar-refractivity contribution in [2.75, 3.05) is 43.0 Å². The Kier molecular flexibility index (Phi) is 6.62. The van der Waals surface area contributed by atoms with Gasteiger partial charge in [-0.25, -0.2) is 14.2 Å². The van der Waals surface area contributed by atoms with Crippen LogP contribution in [0.15, 0.2) is 36.5 Å². The van der Waals surface area contributed by atoms with Crippen LogP contribution in [0.25, 0.3) is 0 Å². The van der Waals surface area contributed by atoms with E-state index in [4.69, 9.17) is 4.74 Å². The molecule has 9 heteroatoms. The summed E-state index contributed by atoms with van der Waals surface area (Å²) >= 11 is 0. The van der Waals surface area contributed by atoms with Crippen LogP contribution in [0.4, 0.5) is 21.0 Å². The Bertz CT molecular complexity index is 888. The number of anilines is 2. The average Bonchev–Trinajstić information content (AvgIpc) is 3.17. The lowest BCUT2D eigenvalue weighted by Gasteiger charge is -2.27. The van der Waals surface area contributed by atoms with Gasteiger partial charge in [-0.2, -0.15) is 4.98 Å². The van der Waals surface area contributed by atoms with Gasteiger partial charge < -0.3 is 15.4 Å². The Labute approximate surface area is 181 Å². The van der Waals surface area contributed by atoms with Crippen molar-refractivity contribution in [3.8, 4) is 0 Å². The van der Waals surface area contributed by atoms with Crippen molar-refractivity contribution in [2.45, 2.75) is 38.6 Å². The van der Waals surface area contributed by atoms with Crippen LogP contribution in [-0.4, -0.2) is 66.0 Å². The van der Waals surface area contributed by atoms with E-state index >= 15 is 0 Å². The SMILES string of the molecule is C[C@H](Nc1nccc(N2C(=O)OCC2[C@@H](C)F)n1)c1ccc(CN2CCNCC2)cc1. The first-order valence-electron chi connectivity index (χ1n) is 10.7. The van der Waals surface area contributed by atoms with Crippen LogP contribution >= 0.6 is 0 Å². The second-order valence-electron chi connectivity index (χ2n) is 8.06. The number of alkyl halides is 1. The molecule has 2 aromatic rings. The Morgan fingerprint density at radius 2 is 1.97 bits per heavy atom. The number of halogens is 1. The first-order valence-corrected chi connectivity index (χ1v) is 10.7. The van der Waals surface area contributed by atoms with Crippen molar-refractivity contribution >= 4 is 17.9 Å². The normalized spacial score (nSPS) is 21.6. The zero-order chi connectivity index (χ0) is 21.8. The molecule has 166 valence electrons. The van der Waals surface area contributed by atoms with Crippen LogP contribution in [0.5, 0.6) is 0 Å². The fraction of sp³-hybridized carbons (Fsp3) is 0.500. The Balaban J connectivity index is 1.41. The lowest BCUT2D eigenvalue weighted by atomic mass is 10.1. The van der Waals surface area contributed by atoms with Gasteiger partial charge in [0.1, 0.15) is 24.6 Å². The van der Waals surface area contributed by atoms with Crippen LogP contribution in [0.3, 0.4) is 0 Å². The van der Waals surface area contributed by atoms with Crippen molar-refractivity contribution in [1.82, 2.24) is 20.2 Å². The second kappa shape index (κ2) is 9.57.